The standard InChI is InChI=1S/C13H18N2O4/c1-9(10-4-2-7-19-10)15-11(16)8-14-13(12(17)18)5-3-6-13/h2,4,7,9,14H,3,5-6,8H2,1H3,(H,15,16)(H,17,18). The van der Waals surface area contributed by atoms with Crippen LogP contribution in [0.5, 0.6) is 0 Å². The highest BCUT2D eigenvalue weighted by atomic mass is 16.4. The van der Waals surface area contributed by atoms with Gasteiger partial charge in [-0.2, -0.15) is 0 Å². The average molecular weight is 266 g/mol. The van der Waals surface area contributed by atoms with Crippen molar-refractivity contribution in [3.8, 4) is 0 Å². The van der Waals surface area contributed by atoms with Gasteiger partial charge in [0.2, 0.25) is 5.91 Å². The summed E-state index contributed by atoms with van der Waals surface area (Å²) in [7, 11) is 0. The summed E-state index contributed by atoms with van der Waals surface area (Å²) in [4.78, 5) is 22.9. The van der Waals surface area contributed by atoms with Crippen LogP contribution in [0.2, 0.25) is 0 Å². The van der Waals surface area contributed by atoms with Crippen molar-refractivity contribution in [3.63, 3.8) is 0 Å². The third-order valence-corrected chi connectivity index (χ3v) is 3.55. The van der Waals surface area contributed by atoms with Gasteiger partial charge >= 0.3 is 5.97 Å². The predicted molar refractivity (Wildman–Crippen MR) is 67.5 cm³/mol. The van der Waals surface area contributed by atoms with Crippen LogP contribution in [0.25, 0.3) is 0 Å². The van der Waals surface area contributed by atoms with Gasteiger partial charge in [-0.15, -0.1) is 0 Å². The number of carboxylic acids is 1. The van der Waals surface area contributed by atoms with Crippen LogP contribution in [0.1, 0.15) is 38.0 Å². The van der Waals surface area contributed by atoms with E-state index in [0.717, 1.165) is 6.42 Å². The SMILES string of the molecule is CC(NC(=O)CNC1(C(=O)O)CCC1)c1ccco1. The minimum Gasteiger partial charge on any atom is -0.480 e. The molecule has 0 spiro atoms. The second-order valence-corrected chi connectivity index (χ2v) is 4.90. The van der Waals surface area contributed by atoms with E-state index in [9.17, 15) is 9.59 Å². The molecule has 19 heavy (non-hydrogen) atoms. The summed E-state index contributed by atoms with van der Waals surface area (Å²) in [5.74, 6) is -0.452. The molecular weight excluding hydrogens is 248 g/mol. The molecule has 1 unspecified atom stereocenters. The van der Waals surface area contributed by atoms with E-state index in [2.05, 4.69) is 10.6 Å². The third-order valence-electron chi connectivity index (χ3n) is 3.55. The lowest BCUT2D eigenvalue weighted by Gasteiger charge is -2.38. The maximum Gasteiger partial charge on any atom is 0.323 e. The topological polar surface area (TPSA) is 91.6 Å². The average Bonchev–Trinajstić information content (AvgIpc) is 2.80. The van der Waals surface area contributed by atoms with Crippen molar-refractivity contribution in [2.45, 2.75) is 37.8 Å². The van der Waals surface area contributed by atoms with E-state index in [1.807, 2.05) is 6.92 Å². The second kappa shape index (κ2) is 5.44. The first kappa shape index (κ1) is 13.6. The summed E-state index contributed by atoms with van der Waals surface area (Å²) in [5, 5.41) is 14.7. The third kappa shape index (κ3) is 2.96. The van der Waals surface area contributed by atoms with E-state index >= 15 is 0 Å². The molecule has 0 saturated heterocycles. The Balaban J connectivity index is 1.80. The molecule has 1 amide bonds. The van der Waals surface area contributed by atoms with E-state index in [4.69, 9.17) is 9.52 Å². The lowest BCUT2D eigenvalue weighted by molar-refractivity contribution is -0.149. The van der Waals surface area contributed by atoms with Crippen LogP contribution in [-0.4, -0.2) is 29.1 Å². The predicted octanol–water partition coefficient (Wildman–Crippen LogP) is 1.05. The summed E-state index contributed by atoms with van der Waals surface area (Å²) in [6.45, 7) is 1.81. The van der Waals surface area contributed by atoms with Crippen molar-refractivity contribution in [2.75, 3.05) is 6.54 Å². The van der Waals surface area contributed by atoms with Crippen molar-refractivity contribution >= 4 is 11.9 Å². The van der Waals surface area contributed by atoms with Gasteiger partial charge in [0.15, 0.2) is 0 Å². The number of carboxylic acid groups (broad SMARTS) is 1. The molecule has 1 aromatic rings. The van der Waals surface area contributed by atoms with Gasteiger partial charge in [-0.25, -0.2) is 0 Å². The molecule has 1 atom stereocenters. The Hall–Kier alpha value is -1.82. The van der Waals surface area contributed by atoms with Crippen LogP contribution in [-0.2, 0) is 9.59 Å². The lowest BCUT2D eigenvalue weighted by Crippen LogP contribution is -2.59. The molecule has 0 aromatic carbocycles. The first-order valence-corrected chi connectivity index (χ1v) is 6.35. The van der Waals surface area contributed by atoms with E-state index in [1.165, 1.54) is 0 Å². The zero-order chi connectivity index (χ0) is 13.9. The molecule has 6 nitrogen and oxygen atoms in total. The molecule has 104 valence electrons. The molecule has 1 aromatic heterocycles. The second-order valence-electron chi connectivity index (χ2n) is 4.90. The van der Waals surface area contributed by atoms with E-state index in [-0.39, 0.29) is 18.5 Å². The fourth-order valence-electron chi connectivity index (χ4n) is 2.15. The summed E-state index contributed by atoms with van der Waals surface area (Å²) < 4.78 is 5.18. The number of hydrogen-bond donors (Lipinski definition) is 3. The maximum atomic E-state index is 11.7. The molecule has 3 N–H and O–H groups in total. The smallest absolute Gasteiger partial charge is 0.323 e. The molecule has 1 fully saturated rings. The Kier molecular flexibility index (Phi) is 3.90. The molecule has 6 heteroatoms. The van der Waals surface area contributed by atoms with Gasteiger partial charge < -0.3 is 14.8 Å². The highest BCUT2D eigenvalue weighted by molar-refractivity contribution is 5.83. The fraction of sp³-hybridized carbons (Fsp3) is 0.538. The first-order chi connectivity index (χ1) is 9.03. The molecule has 0 radical (unpaired) electrons. The van der Waals surface area contributed by atoms with Crippen molar-refractivity contribution in [1.29, 1.82) is 0 Å². The van der Waals surface area contributed by atoms with Crippen LogP contribution < -0.4 is 10.6 Å². The number of hydrogen-bond acceptors (Lipinski definition) is 4. The number of nitrogens with one attached hydrogen (secondary N) is 2. The summed E-state index contributed by atoms with van der Waals surface area (Å²) in [6.07, 6.45) is 3.57. The van der Waals surface area contributed by atoms with Crippen LogP contribution >= 0.6 is 0 Å². The number of amides is 1. The molecule has 1 aliphatic carbocycles. The lowest BCUT2D eigenvalue weighted by atomic mass is 9.77. The molecule has 2 rings (SSSR count). The van der Waals surface area contributed by atoms with Crippen molar-refractivity contribution in [3.05, 3.63) is 24.2 Å². The molecular formula is C13H18N2O4. The number of furan rings is 1. The first-order valence-electron chi connectivity index (χ1n) is 6.35. The summed E-state index contributed by atoms with van der Waals surface area (Å²) in [6, 6.07) is 3.30. The Morgan fingerprint density at radius 2 is 2.26 bits per heavy atom. The van der Waals surface area contributed by atoms with E-state index in [1.54, 1.807) is 18.4 Å². The minimum atomic E-state index is -0.911. The normalized spacial score (nSPS) is 18.4. The number of carbonyl (C=O) groups is 2. The van der Waals surface area contributed by atoms with Crippen molar-refractivity contribution in [1.82, 2.24) is 10.6 Å². The Morgan fingerprint density at radius 3 is 2.74 bits per heavy atom. The molecule has 1 heterocycles. The van der Waals surface area contributed by atoms with Crippen LogP contribution in [0, 0.1) is 0 Å². The zero-order valence-electron chi connectivity index (χ0n) is 10.8. The fourth-order valence-corrected chi connectivity index (χ4v) is 2.15. The van der Waals surface area contributed by atoms with E-state index < -0.39 is 11.5 Å². The van der Waals surface area contributed by atoms with Crippen molar-refractivity contribution < 1.29 is 19.1 Å². The van der Waals surface area contributed by atoms with Crippen molar-refractivity contribution in [2.24, 2.45) is 0 Å². The van der Waals surface area contributed by atoms with Gasteiger partial charge in [0, 0.05) is 0 Å². The molecule has 1 saturated carbocycles. The Morgan fingerprint density at radius 1 is 1.53 bits per heavy atom. The summed E-state index contributed by atoms with van der Waals surface area (Å²) in [5.41, 5.74) is -0.911. The molecule has 1 aliphatic rings. The Labute approximate surface area is 111 Å². The Bertz CT molecular complexity index is 451. The largest absolute Gasteiger partial charge is 0.480 e. The maximum absolute atomic E-state index is 11.7. The van der Waals surface area contributed by atoms with Crippen LogP contribution in [0.15, 0.2) is 22.8 Å². The van der Waals surface area contributed by atoms with E-state index in [0.29, 0.717) is 18.6 Å². The number of rotatable bonds is 6. The quantitative estimate of drug-likeness (QED) is 0.716. The number of aliphatic carboxylic acids is 1. The van der Waals surface area contributed by atoms with Crippen LogP contribution in [0.3, 0.4) is 0 Å². The molecule has 0 bridgehead atoms. The monoisotopic (exact) mass is 266 g/mol. The molecule has 0 aliphatic heterocycles. The van der Waals surface area contributed by atoms with Crippen LogP contribution in [0.4, 0.5) is 0 Å². The highest BCUT2D eigenvalue weighted by Crippen LogP contribution is 2.31. The van der Waals surface area contributed by atoms with Gasteiger partial charge in [-0.1, -0.05) is 0 Å². The van der Waals surface area contributed by atoms with Gasteiger partial charge in [0.1, 0.15) is 11.3 Å². The summed E-state index contributed by atoms with van der Waals surface area (Å²) >= 11 is 0. The zero-order valence-corrected chi connectivity index (χ0v) is 10.8. The van der Waals surface area contributed by atoms with Gasteiger partial charge in [0.25, 0.3) is 0 Å². The van der Waals surface area contributed by atoms with Gasteiger partial charge in [0.05, 0.1) is 18.8 Å². The number of carbonyl (C=O) groups excluding carboxylic acids is 1. The van der Waals surface area contributed by atoms with Gasteiger partial charge in [-0.05, 0) is 38.3 Å². The van der Waals surface area contributed by atoms with Gasteiger partial charge in [-0.3, -0.25) is 14.9 Å². The minimum absolute atomic E-state index is 0.00263. The highest BCUT2D eigenvalue weighted by Gasteiger charge is 2.44.